The molecule has 1 aromatic rings. The monoisotopic (exact) mass is 344 g/mol. The predicted molar refractivity (Wildman–Crippen MR) is 95.3 cm³/mol. The lowest BCUT2D eigenvalue weighted by molar-refractivity contribution is -0.130. The number of carbonyl (C=O) groups is 1. The number of carbonyl (C=O) groups excluding carboxylic acids is 1. The summed E-state index contributed by atoms with van der Waals surface area (Å²) in [5, 5.41) is 3.39. The molecule has 1 saturated heterocycles. The second-order valence-electron chi connectivity index (χ2n) is 5.41. The molecule has 0 saturated carbocycles. The van der Waals surface area contributed by atoms with E-state index < -0.39 is 0 Å². The highest BCUT2D eigenvalue weighted by Gasteiger charge is 2.18. The van der Waals surface area contributed by atoms with Gasteiger partial charge in [0.25, 0.3) is 0 Å². The molecule has 124 valence electrons. The zero-order chi connectivity index (χ0) is 15.1. The second kappa shape index (κ2) is 9.98. The Labute approximate surface area is 143 Å². The Balaban J connectivity index is 0.00000242. The molecule has 1 aliphatic rings. The van der Waals surface area contributed by atoms with E-state index in [1.165, 1.54) is 5.56 Å². The Hall–Kier alpha value is -0.910. The van der Waals surface area contributed by atoms with E-state index in [0.717, 1.165) is 23.8 Å². The van der Waals surface area contributed by atoms with Crippen molar-refractivity contribution in [2.45, 2.75) is 19.4 Å². The fraction of sp³-hybridized carbons (Fsp3) is 0.562. The van der Waals surface area contributed by atoms with Crippen LogP contribution in [-0.2, 0) is 4.79 Å². The van der Waals surface area contributed by atoms with E-state index in [0.29, 0.717) is 25.6 Å². The van der Waals surface area contributed by atoms with Crippen LogP contribution in [0, 0.1) is 6.92 Å². The van der Waals surface area contributed by atoms with Crippen LogP contribution in [0.5, 0.6) is 5.75 Å². The molecule has 0 aromatic heterocycles. The first-order valence-corrected chi connectivity index (χ1v) is 8.55. The van der Waals surface area contributed by atoms with Gasteiger partial charge in [-0.2, -0.15) is 11.8 Å². The summed E-state index contributed by atoms with van der Waals surface area (Å²) in [6.45, 7) is 4.19. The van der Waals surface area contributed by atoms with E-state index in [1.54, 1.807) is 4.90 Å². The standard InChI is InChI=1S/C16H24N2O2S.ClH/c1-13-4-3-5-15(10-13)20-8-7-18(2)16(19)11-14-12-21-9-6-17-14;/h3-5,10,14,17H,6-9,11-12H2,1-2H3;1H. The second-order valence-corrected chi connectivity index (χ2v) is 6.56. The normalized spacial score (nSPS) is 17.5. The Bertz CT molecular complexity index is 467. The number of aryl methyl sites for hydroxylation is 1. The summed E-state index contributed by atoms with van der Waals surface area (Å²) in [7, 11) is 1.85. The van der Waals surface area contributed by atoms with Gasteiger partial charge in [0.05, 0.1) is 6.54 Å². The van der Waals surface area contributed by atoms with Crippen LogP contribution in [0.15, 0.2) is 24.3 Å². The van der Waals surface area contributed by atoms with Gasteiger partial charge in [-0.05, 0) is 24.6 Å². The predicted octanol–water partition coefficient (Wildman–Crippen LogP) is 2.35. The van der Waals surface area contributed by atoms with Gasteiger partial charge in [0.1, 0.15) is 12.4 Å². The molecule has 1 aliphatic heterocycles. The summed E-state index contributed by atoms with van der Waals surface area (Å²) in [4.78, 5) is 13.9. The van der Waals surface area contributed by atoms with Crippen LogP contribution in [0.3, 0.4) is 0 Å². The highest BCUT2D eigenvalue weighted by atomic mass is 35.5. The average Bonchev–Trinajstić information content (AvgIpc) is 2.48. The van der Waals surface area contributed by atoms with E-state index in [-0.39, 0.29) is 18.3 Å². The number of halogens is 1. The Morgan fingerprint density at radius 1 is 1.50 bits per heavy atom. The van der Waals surface area contributed by atoms with E-state index in [2.05, 4.69) is 5.32 Å². The van der Waals surface area contributed by atoms with Crippen LogP contribution in [0.2, 0.25) is 0 Å². The number of benzene rings is 1. The quantitative estimate of drug-likeness (QED) is 0.860. The summed E-state index contributed by atoms with van der Waals surface area (Å²) >= 11 is 1.92. The van der Waals surface area contributed by atoms with Crippen molar-refractivity contribution in [1.29, 1.82) is 0 Å². The van der Waals surface area contributed by atoms with Gasteiger partial charge in [-0.1, -0.05) is 12.1 Å². The Morgan fingerprint density at radius 2 is 2.32 bits per heavy atom. The summed E-state index contributed by atoms with van der Waals surface area (Å²) in [5.41, 5.74) is 1.18. The lowest BCUT2D eigenvalue weighted by atomic mass is 10.2. The number of amides is 1. The summed E-state index contributed by atoms with van der Waals surface area (Å²) < 4.78 is 5.68. The molecule has 0 radical (unpaired) electrons. The molecular weight excluding hydrogens is 320 g/mol. The molecule has 1 unspecified atom stereocenters. The van der Waals surface area contributed by atoms with Crippen molar-refractivity contribution < 1.29 is 9.53 Å². The third-order valence-corrected chi connectivity index (χ3v) is 4.66. The van der Waals surface area contributed by atoms with Crippen LogP contribution in [-0.4, -0.2) is 55.1 Å². The molecule has 1 fully saturated rings. The molecule has 1 heterocycles. The first-order chi connectivity index (χ1) is 10.1. The Kier molecular flexibility index (Phi) is 8.68. The number of rotatable bonds is 6. The maximum atomic E-state index is 12.1. The first-order valence-electron chi connectivity index (χ1n) is 7.39. The van der Waals surface area contributed by atoms with Gasteiger partial charge in [-0.25, -0.2) is 0 Å². The van der Waals surface area contributed by atoms with Gasteiger partial charge in [0.2, 0.25) is 5.91 Å². The van der Waals surface area contributed by atoms with Crippen molar-refractivity contribution in [2.75, 3.05) is 38.2 Å². The highest BCUT2D eigenvalue weighted by Crippen LogP contribution is 2.13. The number of ether oxygens (including phenoxy) is 1. The number of hydrogen-bond acceptors (Lipinski definition) is 4. The fourth-order valence-electron chi connectivity index (χ4n) is 2.25. The van der Waals surface area contributed by atoms with Crippen LogP contribution < -0.4 is 10.1 Å². The highest BCUT2D eigenvalue weighted by molar-refractivity contribution is 7.99. The van der Waals surface area contributed by atoms with Crippen molar-refractivity contribution in [1.82, 2.24) is 10.2 Å². The Morgan fingerprint density at radius 3 is 3.00 bits per heavy atom. The van der Waals surface area contributed by atoms with Gasteiger partial charge in [-0.15, -0.1) is 12.4 Å². The minimum absolute atomic E-state index is 0. The fourth-order valence-corrected chi connectivity index (χ4v) is 3.20. The smallest absolute Gasteiger partial charge is 0.224 e. The van der Waals surface area contributed by atoms with Crippen molar-refractivity contribution in [3.8, 4) is 5.75 Å². The van der Waals surface area contributed by atoms with Crippen LogP contribution >= 0.6 is 24.2 Å². The summed E-state index contributed by atoms with van der Waals surface area (Å²) in [6, 6.07) is 8.28. The van der Waals surface area contributed by atoms with E-state index in [9.17, 15) is 4.79 Å². The van der Waals surface area contributed by atoms with Gasteiger partial charge in [0, 0.05) is 37.6 Å². The van der Waals surface area contributed by atoms with E-state index in [1.807, 2.05) is 50.0 Å². The van der Waals surface area contributed by atoms with E-state index in [4.69, 9.17) is 4.74 Å². The van der Waals surface area contributed by atoms with Crippen molar-refractivity contribution >= 4 is 30.1 Å². The molecular formula is C16H25ClN2O2S. The molecule has 0 bridgehead atoms. The first kappa shape index (κ1) is 19.1. The molecule has 4 nitrogen and oxygen atoms in total. The maximum Gasteiger partial charge on any atom is 0.224 e. The number of nitrogens with zero attached hydrogens (tertiary/aromatic N) is 1. The molecule has 1 aromatic carbocycles. The minimum atomic E-state index is 0. The largest absolute Gasteiger partial charge is 0.492 e. The van der Waals surface area contributed by atoms with Crippen molar-refractivity contribution in [3.05, 3.63) is 29.8 Å². The average molecular weight is 345 g/mol. The lowest BCUT2D eigenvalue weighted by Crippen LogP contribution is -2.42. The SMILES string of the molecule is Cc1cccc(OCCN(C)C(=O)CC2CSCCN2)c1.Cl. The molecule has 6 heteroatoms. The third kappa shape index (κ3) is 6.46. The maximum absolute atomic E-state index is 12.1. The summed E-state index contributed by atoms with van der Waals surface area (Å²) in [6.07, 6.45) is 0.577. The zero-order valence-corrected chi connectivity index (χ0v) is 14.8. The molecule has 1 N–H and O–H groups in total. The zero-order valence-electron chi connectivity index (χ0n) is 13.2. The van der Waals surface area contributed by atoms with Crippen LogP contribution in [0.4, 0.5) is 0 Å². The van der Waals surface area contributed by atoms with E-state index >= 15 is 0 Å². The lowest BCUT2D eigenvalue weighted by Gasteiger charge is -2.25. The van der Waals surface area contributed by atoms with Gasteiger partial charge < -0.3 is 15.0 Å². The third-order valence-electron chi connectivity index (χ3n) is 3.53. The molecule has 22 heavy (non-hydrogen) atoms. The number of hydrogen-bond donors (Lipinski definition) is 1. The molecule has 1 amide bonds. The molecule has 1 atom stereocenters. The van der Waals surface area contributed by atoms with Gasteiger partial charge in [0.15, 0.2) is 0 Å². The number of thioether (sulfide) groups is 1. The van der Waals surface area contributed by atoms with Crippen LogP contribution in [0.25, 0.3) is 0 Å². The van der Waals surface area contributed by atoms with Gasteiger partial charge >= 0.3 is 0 Å². The van der Waals surface area contributed by atoms with Gasteiger partial charge in [-0.3, -0.25) is 4.79 Å². The molecule has 0 spiro atoms. The van der Waals surface area contributed by atoms with Crippen molar-refractivity contribution in [2.24, 2.45) is 0 Å². The van der Waals surface area contributed by atoms with Crippen molar-refractivity contribution in [3.63, 3.8) is 0 Å². The minimum Gasteiger partial charge on any atom is -0.492 e. The topological polar surface area (TPSA) is 41.6 Å². The molecule has 0 aliphatic carbocycles. The molecule has 2 rings (SSSR count). The van der Waals surface area contributed by atoms with Crippen LogP contribution in [0.1, 0.15) is 12.0 Å². The number of likely N-dealkylation sites (N-methyl/N-ethyl adjacent to an activating group) is 1. The number of nitrogens with one attached hydrogen (secondary N) is 1. The summed E-state index contributed by atoms with van der Waals surface area (Å²) in [5.74, 6) is 3.22.